The number of rotatable bonds is 9. The summed E-state index contributed by atoms with van der Waals surface area (Å²) in [6.45, 7) is 6.77. The average Bonchev–Trinajstić information content (AvgIpc) is 3.18. The number of aromatic nitrogens is 1. The SMILES string of the molecule is COc1cc(-c2onc(C)c2C(=O)NCCCN2CCCC[C@@H]2C)cc(OC)c1OC. The van der Waals surface area contributed by atoms with Gasteiger partial charge in [-0.15, -0.1) is 0 Å². The van der Waals surface area contributed by atoms with E-state index in [0.29, 0.717) is 52.4 Å². The summed E-state index contributed by atoms with van der Waals surface area (Å²) < 4.78 is 21.7. The maximum atomic E-state index is 13.0. The Morgan fingerprint density at radius 3 is 2.52 bits per heavy atom. The van der Waals surface area contributed by atoms with E-state index < -0.39 is 0 Å². The first-order chi connectivity index (χ1) is 15.0. The number of carbonyl (C=O) groups is 1. The molecule has 0 bridgehead atoms. The lowest BCUT2D eigenvalue weighted by molar-refractivity contribution is 0.0948. The fourth-order valence-electron chi connectivity index (χ4n) is 4.11. The molecule has 0 aliphatic carbocycles. The van der Waals surface area contributed by atoms with Crippen LogP contribution in [0.3, 0.4) is 0 Å². The van der Waals surface area contributed by atoms with Crippen molar-refractivity contribution in [1.82, 2.24) is 15.4 Å². The van der Waals surface area contributed by atoms with Crippen LogP contribution in [-0.2, 0) is 0 Å². The summed E-state index contributed by atoms with van der Waals surface area (Å²) in [6, 6.07) is 4.11. The highest BCUT2D eigenvalue weighted by Gasteiger charge is 2.25. The molecule has 3 rings (SSSR count). The van der Waals surface area contributed by atoms with E-state index in [-0.39, 0.29) is 5.91 Å². The van der Waals surface area contributed by atoms with Gasteiger partial charge in [0.25, 0.3) is 5.91 Å². The van der Waals surface area contributed by atoms with Crippen molar-refractivity contribution in [3.8, 4) is 28.6 Å². The van der Waals surface area contributed by atoms with Gasteiger partial charge in [0.05, 0.1) is 27.0 Å². The predicted molar refractivity (Wildman–Crippen MR) is 118 cm³/mol. The molecule has 1 atom stereocenters. The van der Waals surface area contributed by atoms with E-state index in [0.717, 1.165) is 19.5 Å². The van der Waals surface area contributed by atoms with Crippen molar-refractivity contribution in [2.45, 2.75) is 45.6 Å². The molecule has 1 amide bonds. The zero-order chi connectivity index (χ0) is 22.4. The van der Waals surface area contributed by atoms with E-state index in [2.05, 4.69) is 22.3 Å². The van der Waals surface area contributed by atoms with Gasteiger partial charge in [-0.05, 0) is 51.8 Å². The highest BCUT2D eigenvalue weighted by Crippen LogP contribution is 2.42. The highest BCUT2D eigenvalue weighted by molar-refractivity contribution is 6.00. The van der Waals surface area contributed by atoms with Crippen molar-refractivity contribution in [2.24, 2.45) is 0 Å². The van der Waals surface area contributed by atoms with Crippen molar-refractivity contribution in [3.63, 3.8) is 0 Å². The lowest BCUT2D eigenvalue weighted by atomic mass is 10.0. The van der Waals surface area contributed by atoms with Crippen LogP contribution < -0.4 is 19.5 Å². The monoisotopic (exact) mass is 431 g/mol. The van der Waals surface area contributed by atoms with E-state index in [9.17, 15) is 4.79 Å². The van der Waals surface area contributed by atoms with E-state index >= 15 is 0 Å². The second kappa shape index (κ2) is 10.5. The number of benzene rings is 1. The van der Waals surface area contributed by atoms with Crippen LogP contribution in [0.4, 0.5) is 0 Å². The van der Waals surface area contributed by atoms with Gasteiger partial charge in [0.2, 0.25) is 5.75 Å². The first-order valence-electron chi connectivity index (χ1n) is 10.8. The molecule has 2 heterocycles. The van der Waals surface area contributed by atoms with E-state index in [1.54, 1.807) is 40.4 Å². The maximum Gasteiger partial charge on any atom is 0.257 e. The van der Waals surface area contributed by atoms with Crippen molar-refractivity contribution in [2.75, 3.05) is 41.0 Å². The summed E-state index contributed by atoms with van der Waals surface area (Å²) in [5.74, 6) is 1.61. The number of nitrogens with one attached hydrogen (secondary N) is 1. The van der Waals surface area contributed by atoms with Crippen LogP contribution in [0.1, 0.15) is 48.7 Å². The molecule has 0 unspecified atom stereocenters. The first-order valence-corrected chi connectivity index (χ1v) is 10.8. The lowest BCUT2D eigenvalue weighted by Crippen LogP contribution is -2.39. The van der Waals surface area contributed by atoms with Gasteiger partial charge in [-0.1, -0.05) is 11.6 Å². The van der Waals surface area contributed by atoms with Crippen LogP contribution in [0.2, 0.25) is 0 Å². The molecule has 1 N–H and O–H groups in total. The van der Waals surface area contributed by atoms with Gasteiger partial charge in [-0.25, -0.2) is 0 Å². The normalized spacial score (nSPS) is 16.7. The molecule has 1 fully saturated rings. The minimum atomic E-state index is -0.200. The molecule has 0 radical (unpaired) electrons. The van der Waals surface area contributed by atoms with Crippen LogP contribution in [-0.4, -0.2) is 63.0 Å². The summed E-state index contributed by atoms with van der Waals surface area (Å²) >= 11 is 0. The third kappa shape index (κ3) is 5.12. The third-order valence-corrected chi connectivity index (χ3v) is 5.86. The lowest BCUT2D eigenvalue weighted by Gasteiger charge is -2.33. The van der Waals surface area contributed by atoms with Gasteiger partial charge in [-0.2, -0.15) is 0 Å². The van der Waals surface area contributed by atoms with Gasteiger partial charge < -0.3 is 29.0 Å². The summed E-state index contributed by atoms with van der Waals surface area (Å²) in [7, 11) is 4.63. The molecule has 170 valence electrons. The van der Waals surface area contributed by atoms with Crippen LogP contribution in [0, 0.1) is 6.92 Å². The molecule has 8 heteroatoms. The fourth-order valence-corrected chi connectivity index (χ4v) is 4.11. The fraction of sp³-hybridized carbons (Fsp3) is 0.565. The number of piperidine rings is 1. The van der Waals surface area contributed by atoms with Gasteiger partial charge in [0.1, 0.15) is 5.56 Å². The third-order valence-electron chi connectivity index (χ3n) is 5.86. The van der Waals surface area contributed by atoms with E-state index in [4.69, 9.17) is 18.7 Å². The van der Waals surface area contributed by atoms with Gasteiger partial charge >= 0.3 is 0 Å². The molecule has 0 spiro atoms. The Labute approximate surface area is 183 Å². The molecule has 0 saturated carbocycles. The van der Waals surface area contributed by atoms with Gasteiger partial charge in [-0.3, -0.25) is 4.79 Å². The van der Waals surface area contributed by atoms with Crippen molar-refractivity contribution < 1.29 is 23.5 Å². The summed E-state index contributed by atoms with van der Waals surface area (Å²) in [6.07, 6.45) is 4.73. The summed E-state index contributed by atoms with van der Waals surface area (Å²) in [5.41, 5.74) is 1.58. The minimum absolute atomic E-state index is 0.200. The van der Waals surface area contributed by atoms with E-state index in [1.165, 1.54) is 19.3 Å². The number of carbonyl (C=O) groups excluding carboxylic acids is 1. The van der Waals surface area contributed by atoms with Crippen LogP contribution >= 0.6 is 0 Å². The summed E-state index contributed by atoms with van der Waals surface area (Å²) in [4.78, 5) is 15.5. The average molecular weight is 432 g/mol. The smallest absolute Gasteiger partial charge is 0.257 e. The molecule has 31 heavy (non-hydrogen) atoms. The Hall–Kier alpha value is -2.74. The number of hydrogen-bond acceptors (Lipinski definition) is 7. The second-order valence-corrected chi connectivity index (χ2v) is 7.88. The Kier molecular flexibility index (Phi) is 7.79. The Bertz CT molecular complexity index is 870. The molecule has 1 aliphatic heterocycles. The first kappa shape index (κ1) is 22.9. The number of hydrogen-bond donors (Lipinski definition) is 1. The second-order valence-electron chi connectivity index (χ2n) is 7.88. The van der Waals surface area contributed by atoms with Gasteiger partial charge in [0, 0.05) is 24.7 Å². The topological polar surface area (TPSA) is 86.1 Å². The minimum Gasteiger partial charge on any atom is -0.493 e. The largest absolute Gasteiger partial charge is 0.493 e. The molecule has 1 saturated heterocycles. The number of amides is 1. The quantitative estimate of drug-likeness (QED) is 0.606. The van der Waals surface area contributed by atoms with Crippen molar-refractivity contribution in [1.29, 1.82) is 0 Å². The summed E-state index contributed by atoms with van der Waals surface area (Å²) in [5, 5.41) is 7.04. The zero-order valence-corrected chi connectivity index (χ0v) is 19.1. The standard InChI is InChI=1S/C23H33N3O5/c1-15-9-6-7-11-26(15)12-8-10-24-23(27)20-16(2)25-31-21(20)17-13-18(28-3)22(30-5)19(14-17)29-4/h13-15H,6-12H2,1-5H3,(H,24,27)/t15-/m0/s1. The molecule has 1 aromatic heterocycles. The highest BCUT2D eigenvalue weighted by atomic mass is 16.5. The number of methoxy groups -OCH3 is 3. The number of ether oxygens (including phenoxy) is 3. The van der Waals surface area contributed by atoms with Crippen LogP contribution in [0.25, 0.3) is 11.3 Å². The van der Waals surface area contributed by atoms with Crippen molar-refractivity contribution >= 4 is 5.91 Å². The van der Waals surface area contributed by atoms with Crippen LogP contribution in [0.5, 0.6) is 17.2 Å². The molecule has 1 aliphatic rings. The van der Waals surface area contributed by atoms with Gasteiger partial charge in [0.15, 0.2) is 17.3 Å². The predicted octanol–water partition coefficient (Wildman–Crippen LogP) is 3.67. The molecule has 1 aromatic carbocycles. The zero-order valence-electron chi connectivity index (χ0n) is 19.1. The Balaban J connectivity index is 1.72. The number of nitrogens with zero attached hydrogens (tertiary/aromatic N) is 2. The molecular weight excluding hydrogens is 398 g/mol. The van der Waals surface area contributed by atoms with E-state index in [1.807, 2.05) is 0 Å². The Morgan fingerprint density at radius 2 is 1.90 bits per heavy atom. The number of aryl methyl sites for hydroxylation is 1. The Morgan fingerprint density at radius 1 is 1.19 bits per heavy atom. The van der Waals surface area contributed by atoms with Crippen molar-refractivity contribution in [3.05, 3.63) is 23.4 Å². The molecular formula is C23H33N3O5. The molecule has 2 aromatic rings. The maximum absolute atomic E-state index is 13.0. The number of likely N-dealkylation sites (tertiary alicyclic amines) is 1. The van der Waals surface area contributed by atoms with Crippen LogP contribution in [0.15, 0.2) is 16.7 Å². The molecule has 8 nitrogen and oxygen atoms in total.